The SMILES string of the molecule is CCC(CC)(CNCC(O)c1ccc(C#N)cc1)SC. The van der Waals surface area contributed by atoms with Crippen LogP contribution in [0, 0.1) is 11.3 Å². The van der Waals surface area contributed by atoms with E-state index in [1.165, 1.54) is 0 Å². The summed E-state index contributed by atoms with van der Waals surface area (Å²) in [6, 6.07) is 9.18. The van der Waals surface area contributed by atoms with Crippen LogP contribution >= 0.6 is 11.8 Å². The molecule has 1 aromatic rings. The van der Waals surface area contributed by atoms with Gasteiger partial charge in [0.25, 0.3) is 0 Å². The van der Waals surface area contributed by atoms with E-state index >= 15 is 0 Å². The summed E-state index contributed by atoms with van der Waals surface area (Å²) in [5.74, 6) is 0. The Labute approximate surface area is 126 Å². The van der Waals surface area contributed by atoms with Crippen molar-refractivity contribution in [3.8, 4) is 6.07 Å². The molecular formula is C16H24N2OS. The molecule has 3 nitrogen and oxygen atoms in total. The molecule has 1 rings (SSSR count). The van der Waals surface area contributed by atoms with Crippen molar-refractivity contribution >= 4 is 11.8 Å². The zero-order valence-electron chi connectivity index (χ0n) is 12.5. The van der Waals surface area contributed by atoms with Gasteiger partial charge in [0, 0.05) is 17.8 Å². The molecule has 0 heterocycles. The number of aliphatic hydroxyl groups excluding tert-OH is 1. The van der Waals surface area contributed by atoms with Crippen LogP contribution in [0.2, 0.25) is 0 Å². The minimum Gasteiger partial charge on any atom is -0.387 e. The van der Waals surface area contributed by atoms with Crippen molar-refractivity contribution in [3.63, 3.8) is 0 Å². The van der Waals surface area contributed by atoms with Gasteiger partial charge in [0.1, 0.15) is 0 Å². The topological polar surface area (TPSA) is 56.0 Å². The lowest BCUT2D eigenvalue weighted by molar-refractivity contribution is 0.173. The van der Waals surface area contributed by atoms with Crippen LogP contribution in [0.1, 0.15) is 43.9 Å². The molecule has 1 aromatic carbocycles. The van der Waals surface area contributed by atoms with E-state index in [-0.39, 0.29) is 4.75 Å². The number of benzene rings is 1. The van der Waals surface area contributed by atoms with Crippen LogP contribution in [0.15, 0.2) is 24.3 Å². The van der Waals surface area contributed by atoms with Crippen LogP contribution in [-0.4, -0.2) is 29.2 Å². The minimum atomic E-state index is -0.531. The first-order valence-electron chi connectivity index (χ1n) is 7.04. The summed E-state index contributed by atoms with van der Waals surface area (Å²) in [6.07, 6.45) is 3.84. The first-order chi connectivity index (χ1) is 9.60. The monoisotopic (exact) mass is 292 g/mol. The molecule has 0 bridgehead atoms. The van der Waals surface area contributed by atoms with Crippen LogP contribution < -0.4 is 5.32 Å². The molecule has 0 spiro atoms. The average Bonchev–Trinajstić information content (AvgIpc) is 2.52. The molecule has 4 heteroatoms. The molecular weight excluding hydrogens is 268 g/mol. The van der Waals surface area contributed by atoms with Crippen molar-refractivity contribution in [1.82, 2.24) is 5.32 Å². The third kappa shape index (κ3) is 4.52. The van der Waals surface area contributed by atoms with E-state index < -0.39 is 6.10 Å². The summed E-state index contributed by atoms with van der Waals surface area (Å²) in [6.45, 7) is 5.85. The van der Waals surface area contributed by atoms with Gasteiger partial charge in [-0.3, -0.25) is 0 Å². The zero-order valence-corrected chi connectivity index (χ0v) is 13.3. The summed E-state index contributed by atoms with van der Waals surface area (Å²) in [5, 5.41) is 22.3. The van der Waals surface area contributed by atoms with Crippen LogP contribution in [0.4, 0.5) is 0 Å². The lowest BCUT2D eigenvalue weighted by Crippen LogP contribution is -2.38. The predicted molar refractivity (Wildman–Crippen MR) is 85.8 cm³/mol. The summed E-state index contributed by atoms with van der Waals surface area (Å²) in [4.78, 5) is 0. The fraction of sp³-hybridized carbons (Fsp3) is 0.562. The second-order valence-electron chi connectivity index (χ2n) is 4.97. The fourth-order valence-electron chi connectivity index (χ4n) is 2.20. The van der Waals surface area contributed by atoms with E-state index in [1.807, 2.05) is 23.9 Å². The lowest BCUT2D eigenvalue weighted by Gasteiger charge is -2.30. The van der Waals surface area contributed by atoms with Gasteiger partial charge in [0.15, 0.2) is 0 Å². The van der Waals surface area contributed by atoms with Crippen molar-refractivity contribution in [2.45, 2.75) is 37.5 Å². The van der Waals surface area contributed by atoms with Crippen molar-refractivity contribution in [1.29, 1.82) is 5.26 Å². The Morgan fingerprint density at radius 1 is 1.30 bits per heavy atom. The van der Waals surface area contributed by atoms with Crippen LogP contribution in [0.5, 0.6) is 0 Å². The molecule has 0 aliphatic carbocycles. The number of nitrogens with one attached hydrogen (secondary N) is 1. The lowest BCUT2D eigenvalue weighted by atomic mass is 10.0. The number of thioether (sulfide) groups is 1. The molecule has 0 saturated carbocycles. The molecule has 1 atom stereocenters. The first-order valence-corrected chi connectivity index (χ1v) is 8.27. The molecule has 0 aromatic heterocycles. The Balaban J connectivity index is 2.50. The quantitative estimate of drug-likeness (QED) is 0.773. The highest BCUT2D eigenvalue weighted by Crippen LogP contribution is 2.29. The Morgan fingerprint density at radius 3 is 2.35 bits per heavy atom. The summed E-state index contributed by atoms with van der Waals surface area (Å²) in [7, 11) is 0. The van der Waals surface area contributed by atoms with Gasteiger partial charge in [0.05, 0.1) is 17.7 Å². The number of hydrogen-bond donors (Lipinski definition) is 2. The van der Waals surface area contributed by atoms with Crippen LogP contribution in [-0.2, 0) is 0 Å². The highest BCUT2D eigenvalue weighted by Gasteiger charge is 2.24. The summed E-state index contributed by atoms with van der Waals surface area (Å²) in [5.41, 5.74) is 1.46. The first kappa shape index (κ1) is 17.0. The minimum absolute atomic E-state index is 0.254. The summed E-state index contributed by atoms with van der Waals surface area (Å²) >= 11 is 1.89. The maximum atomic E-state index is 10.1. The normalized spacial score (nSPS) is 12.9. The number of nitriles is 1. The fourth-order valence-corrected chi connectivity index (χ4v) is 3.02. The molecule has 1 unspecified atom stereocenters. The zero-order chi connectivity index (χ0) is 15.0. The van der Waals surface area contributed by atoms with E-state index in [1.54, 1.807) is 12.1 Å². The molecule has 2 N–H and O–H groups in total. The smallest absolute Gasteiger partial charge is 0.0991 e. The van der Waals surface area contributed by atoms with Gasteiger partial charge in [-0.1, -0.05) is 26.0 Å². The summed E-state index contributed by atoms with van der Waals surface area (Å²) < 4.78 is 0.254. The number of hydrogen-bond acceptors (Lipinski definition) is 4. The van der Waals surface area contributed by atoms with Crippen LogP contribution in [0.3, 0.4) is 0 Å². The van der Waals surface area contributed by atoms with E-state index in [0.717, 1.165) is 24.9 Å². The second-order valence-corrected chi connectivity index (χ2v) is 6.25. The Morgan fingerprint density at radius 2 is 1.90 bits per heavy atom. The Bertz CT molecular complexity index is 427. The van der Waals surface area contributed by atoms with Crippen molar-refractivity contribution in [2.75, 3.05) is 19.3 Å². The molecule has 0 saturated heterocycles. The van der Waals surface area contributed by atoms with Crippen LogP contribution in [0.25, 0.3) is 0 Å². The van der Waals surface area contributed by atoms with Gasteiger partial charge in [0.2, 0.25) is 0 Å². The number of aliphatic hydroxyl groups is 1. The van der Waals surface area contributed by atoms with Gasteiger partial charge >= 0.3 is 0 Å². The Kier molecular flexibility index (Phi) is 7.08. The third-order valence-electron chi connectivity index (χ3n) is 3.93. The maximum Gasteiger partial charge on any atom is 0.0991 e. The molecule has 20 heavy (non-hydrogen) atoms. The standard InChI is InChI=1S/C16H24N2OS/c1-4-16(5-2,20-3)12-18-11-15(19)14-8-6-13(10-17)7-9-14/h6-9,15,18-19H,4-5,11-12H2,1-3H3. The molecule has 110 valence electrons. The third-order valence-corrected chi connectivity index (χ3v) is 5.52. The Hall–Kier alpha value is -1.02. The van der Waals surface area contributed by atoms with Crippen molar-refractivity contribution in [3.05, 3.63) is 35.4 Å². The molecule has 0 fully saturated rings. The van der Waals surface area contributed by atoms with E-state index in [4.69, 9.17) is 5.26 Å². The maximum absolute atomic E-state index is 10.1. The highest BCUT2D eigenvalue weighted by molar-refractivity contribution is 8.00. The number of nitrogens with zero attached hydrogens (tertiary/aromatic N) is 1. The van der Waals surface area contributed by atoms with E-state index in [0.29, 0.717) is 12.1 Å². The average molecular weight is 292 g/mol. The van der Waals surface area contributed by atoms with Crippen molar-refractivity contribution < 1.29 is 5.11 Å². The molecule has 0 radical (unpaired) electrons. The highest BCUT2D eigenvalue weighted by atomic mass is 32.2. The van der Waals surface area contributed by atoms with Gasteiger partial charge in [-0.05, 0) is 36.8 Å². The number of rotatable bonds is 8. The van der Waals surface area contributed by atoms with E-state index in [2.05, 4.69) is 31.5 Å². The van der Waals surface area contributed by atoms with E-state index in [9.17, 15) is 5.11 Å². The second kappa shape index (κ2) is 8.31. The molecule has 0 aliphatic heterocycles. The van der Waals surface area contributed by atoms with Crippen molar-refractivity contribution in [2.24, 2.45) is 0 Å². The van der Waals surface area contributed by atoms with Gasteiger partial charge < -0.3 is 10.4 Å². The molecule has 0 aliphatic rings. The largest absolute Gasteiger partial charge is 0.387 e. The predicted octanol–water partition coefficient (Wildman–Crippen LogP) is 3.10. The molecule has 0 amide bonds. The van der Waals surface area contributed by atoms with Gasteiger partial charge in [-0.25, -0.2) is 0 Å². The van der Waals surface area contributed by atoms with Gasteiger partial charge in [-0.2, -0.15) is 17.0 Å². The van der Waals surface area contributed by atoms with Gasteiger partial charge in [-0.15, -0.1) is 0 Å².